The molecule has 20 heavy (non-hydrogen) atoms. The van der Waals surface area contributed by atoms with E-state index in [0.717, 1.165) is 44.6 Å². The number of ether oxygens (including phenoxy) is 2. The molecule has 1 N–H and O–H groups in total. The van der Waals surface area contributed by atoms with Crippen molar-refractivity contribution in [3.05, 3.63) is 0 Å². The van der Waals surface area contributed by atoms with Crippen LogP contribution >= 0.6 is 0 Å². The molecule has 1 spiro atoms. The van der Waals surface area contributed by atoms with Gasteiger partial charge in [-0.3, -0.25) is 0 Å². The van der Waals surface area contributed by atoms with Crippen molar-refractivity contribution in [3.63, 3.8) is 0 Å². The number of nitrogens with zero attached hydrogens (tertiary/aromatic N) is 1. The Bertz CT molecular complexity index is 291. The van der Waals surface area contributed by atoms with Crippen LogP contribution in [0.1, 0.15) is 44.9 Å². The number of likely N-dealkylation sites (N-methyl/N-ethyl adjacent to an activating group) is 1. The highest BCUT2D eigenvalue weighted by Crippen LogP contribution is 2.39. The van der Waals surface area contributed by atoms with Gasteiger partial charge in [-0.15, -0.1) is 0 Å². The molecule has 0 atom stereocenters. The highest BCUT2D eigenvalue weighted by Gasteiger charge is 2.40. The highest BCUT2D eigenvalue weighted by molar-refractivity contribution is 4.83. The van der Waals surface area contributed by atoms with Crippen molar-refractivity contribution in [1.29, 1.82) is 0 Å². The topological polar surface area (TPSA) is 33.7 Å². The van der Waals surface area contributed by atoms with E-state index in [9.17, 15) is 0 Å². The Morgan fingerprint density at radius 3 is 2.40 bits per heavy atom. The van der Waals surface area contributed by atoms with Gasteiger partial charge in [0.25, 0.3) is 0 Å². The molecule has 3 aliphatic rings. The van der Waals surface area contributed by atoms with E-state index in [2.05, 4.69) is 17.3 Å². The van der Waals surface area contributed by atoms with Gasteiger partial charge in [-0.2, -0.15) is 0 Å². The quantitative estimate of drug-likeness (QED) is 0.774. The summed E-state index contributed by atoms with van der Waals surface area (Å²) in [6.07, 6.45) is 8.85. The summed E-state index contributed by atoms with van der Waals surface area (Å²) in [5, 5.41) is 3.58. The first-order valence-corrected chi connectivity index (χ1v) is 8.46. The first-order valence-electron chi connectivity index (χ1n) is 8.46. The molecule has 0 unspecified atom stereocenters. The van der Waals surface area contributed by atoms with E-state index >= 15 is 0 Å². The Morgan fingerprint density at radius 2 is 1.75 bits per heavy atom. The normalized spacial score (nSPS) is 26.7. The second-order valence-corrected chi connectivity index (χ2v) is 6.87. The molecule has 0 radical (unpaired) electrons. The molecule has 2 aliphatic carbocycles. The molecule has 4 heteroatoms. The van der Waals surface area contributed by atoms with Crippen LogP contribution in [0, 0.1) is 5.92 Å². The molecule has 2 saturated carbocycles. The fraction of sp³-hybridized carbons (Fsp3) is 1.00. The van der Waals surface area contributed by atoms with Gasteiger partial charge in [-0.25, -0.2) is 0 Å². The van der Waals surface area contributed by atoms with Gasteiger partial charge in [0, 0.05) is 32.0 Å². The van der Waals surface area contributed by atoms with Gasteiger partial charge in [-0.05, 0) is 51.6 Å². The molecule has 116 valence electrons. The molecule has 0 aromatic carbocycles. The summed E-state index contributed by atoms with van der Waals surface area (Å²) in [5.41, 5.74) is 0. The summed E-state index contributed by atoms with van der Waals surface area (Å²) in [7, 11) is 2.25. The SMILES string of the molecule is CN(CCNC1CC1)CCC1CCC2(CC1)OCCO2. The Balaban J connectivity index is 1.26. The first-order chi connectivity index (χ1) is 9.76. The smallest absolute Gasteiger partial charge is 0.168 e. The Kier molecular flexibility index (Phi) is 4.97. The van der Waals surface area contributed by atoms with E-state index < -0.39 is 0 Å². The van der Waals surface area contributed by atoms with Gasteiger partial charge in [-0.1, -0.05) is 0 Å². The van der Waals surface area contributed by atoms with Crippen molar-refractivity contribution in [2.45, 2.75) is 56.8 Å². The van der Waals surface area contributed by atoms with Crippen LogP contribution in [0.3, 0.4) is 0 Å². The van der Waals surface area contributed by atoms with Gasteiger partial charge in [0.2, 0.25) is 0 Å². The molecule has 0 amide bonds. The average molecular weight is 282 g/mol. The van der Waals surface area contributed by atoms with Crippen LogP contribution in [-0.2, 0) is 9.47 Å². The molecule has 1 heterocycles. The van der Waals surface area contributed by atoms with E-state index in [-0.39, 0.29) is 5.79 Å². The van der Waals surface area contributed by atoms with Crippen LogP contribution in [0.25, 0.3) is 0 Å². The number of hydrogen-bond donors (Lipinski definition) is 1. The molecule has 1 saturated heterocycles. The summed E-state index contributed by atoms with van der Waals surface area (Å²) in [5.74, 6) is 0.684. The zero-order valence-corrected chi connectivity index (χ0v) is 12.9. The Labute approximate surface area is 123 Å². The largest absolute Gasteiger partial charge is 0.348 e. The molecule has 0 aromatic heterocycles. The van der Waals surface area contributed by atoms with Crippen LogP contribution in [0.2, 0.25) is 0 Å². The number of nitrogens with one attached hydrogen (secondary N) is 1. The summed E-state index contributed by atoms with van der Waals surface area (Å²) in [6, 6.07) is 0.837. The van der Waals surface area contributed by atoms with Crippen LogP contribution < -0.4 is 5.32 Å². The molecule has 3 rings (SSSR count). The minimum Gasteiger partial charge on any atom is -0.348 e. The average Bonchev–Trinajstić information content (AvgIpc) is 3.18. The van der Waals surface area contributed by atoms with Gasteiger partial charge < -0.3 is 19.7 Å². The van der Waals surface area contributed by atoms with Crippen LogP contribution in [0.15, 0.2) is 0 Å². The fourth-order valence-corrected chi connectivity index (χ4v) is 3.45. The van der Waals surface area contributed by atoms with Gasteiger partial charge >= 0.3 is 0 Å². The molecular formula is C16H30N2O2. The molecule has 4 nitrogen and oxygen atoms in total. The molecular weight excluding hydrogens is 252 g/mol. The van der Waals surface area contributed by atoms with E-state index in [1.807, 2.05) is 0 Å². The van der Waals surface area contributed by atoms with E-state index in [1.54, 1.807) is 0 Å². The van der Waals surface area contributed by atoms with Crippen molar-refractivity contribution in [2.24, 2.45) is 5.92 Å². The third-order valence-corrected chi connectivity index (χ3v) is 5.10. The maximum absolute atomic E-state index is 5.80. The summed E-state index contributed by atoms with van der Waals surface area (Å²) in [6.45, 7) is 5.14. The standard InChI is InChI=1S/C16H30N2O2/c1-18(11-9-17-15-2-3-15)10-6-14-4-7-16(8-5-14)19-12-13-20-16/h14-15,17H,2-13H2,1H3. The predicted octanol–water partition coefficient (Wildman–Crippen LogP) is 1.99. The minimum atomic E-state index is -0.184. The van der Waals surface area contributed by atoms with Gasteiger partial charge in [0.05, 0.1) is 13.2 Å². The summed E-state index contributed by atoms with van der Waals surface area (Å²) >= 11 is 0. The zero-order chi connectivity index (χ0) is 13.8. The molecule has 3 fully saturated rings. The Hall–Kier alpha value is -0.160. The van der Waals surface area contributed by atoms with E-state index in [0.29, 0.717) is 0 Å². The van der Waals surface area contributed by atoms with E-state index in [4.69, 9.17) is 9.47 Å². The second kappa shape index (κ2) is 6.73. The summed E-state index contributed by atoms with van der Waals surface area (Å²) in [4.78, 5) is 2.47. The van der Waals surface area contributed by atoms with Crippen molar-refractivity contribution in [3.8, 4) is 0 Å². The molecule has 0 bridgehead atoms. The Morgan fingerprint density at radius 1 is 1.05 bits per heavy atom. The maximum Gasteiger partial charge on any atom is 0.168 e. The van der Waals surface area contributed by atoms with Crippen molar-refractivity contribution in [2.75, 3.05) is 39.9 Å². The van der Waals surface area contributed by atoms with E-state index in [1.165, 1.54) is 45.2 Å². The third-order valence-electron chi connectivity index (χ3n) is 5.10. The van der Waals surface area contributed by atoms with Gasteiger partial charge in [0.1, 0.15) is 0 Å². The zero-order valence-electron chi connectivity index (χ0n) is 12.9. The van der Waals surface area contributed by atoms with Gasteiger partial charge in [0.15, 0.2) is 5.79 Å². The third kappa shape index (κ3) is 4.17. The second-order valence-electron chi connectivity index (χ2n) is 6.87. The predicted molar refractivity (Wildman–Crippen MR) is 79.7 cm³/mol. The lowest BCUT2D eigenvalue weighted by Gasteiger charge is -2.35. The molecule has 1 aliphatic heterocycles. The monoisotopic (exact) mass is 282 g/mol. The lowest BCUT2D eigenvalue weighted by molar-refractivity contribution is -0.182. The fourth-order valence-electron chi connectivity index (χ4n) is 3.45. The van der Waals surface area contributed by atoms with Crippen molar-refractivity contribution < 1.29 is 9.47 Å². The highest BCUT2D eigenvalue weighted by atomic mass is 16.7. The molecule has 0 aromatic rings. The van der Waals surface area contributed by atoms with Crippen LogP contribution in [-0.4, -0.2) is 56.6 Å². The van der Waals surface area contributed by atoms with Crippen molar-refractivity contribution >= 4 is 0 Å². The lowest BCUT2D eigenvalue weighted by Crippen LogP contribution is -2.36. The maximum atomic E-state index is 5.80. The number of hydrogen-bond acceptors (Lipinski definition) is 4. The minimum absolute atomic E-state index is 0.184. The van der Waals surface area contributed by atoms with Crippen LogP contribution in [0.5, 0.6) is 0 Å². The number of rotatable bonds is 7. The van der Waals surface area contributed by atoms with Crippen LogP contribution in [0.4, 0.5) is 0 Å². The van der Waals surface area contributed by atoms with Crippen molar-refractivity contribution in [1.82, 2.24) is 10.2 Å². The first kappa shape index (κ1) is 14.8. The summed E-state index contributed by atoms with van der Waals surface area (Å²) < 4.78 is 11.6. The lowest BCUT2D eigenvalue weighted by atomic mass is 9.83.